The Balaban J connectivity index is 2.96. The zero-order chi connectivity index (χ0) is 15.4. The van der Waals surface area contributed by atoms with Gasteiger partial charge in [-0.25, -0.2) is 4.21 Å². The molecule has 0 aromatic heterocycles. The summed E-state index contributed by atoms with van der Waals surface area (Å²) in [5, 5.41) is 0. The molecular formula is C17H27NOS. The summed E-state index contributed by atoms with van der Waals surface area (Å²) >= 11 is 0. The van der Waals surface area contributed by atoms with Gasteiger partial charge in [0, 0.05) is 0 Å². The first-order valence-electron chi connectivity index (χ1n) is 7.17. The fourth-order valence-electron chi connectivity index (χ4n) is 1.77. The molecule has 0 aromatic carbocycles. The zero-order valence-electron chi connectivity index (χ0n) is 13.2. The van der Waals surface area contributed by atoms with E-state index < -0.39 is 11.0 Å². The minimum absolute atomic E-state index is 0.338. The van der Waals surface area contributed by atoms with Crippen molar-refractivity contribution in [2.75, 3.05) is 0 Å². The Morgan fingerprint density at radius 2 is 1.95 bits per heavy atom. The second-order valence-electron chi connectivity index (χ2n) is 6.77. The molecule has 3 heteroatoms. The van der Waals surface area contributed by atoms with E-state index in [0.29, 0.717) is 5.41 Å². The lowest BCUT2D eigenvalue weighted by Crippen LogP contribution is -2.21. The van der Waals surface area contributed by atoms with E-state index in [1.807, 2.05) is 26.8 Å². The van der Waals surface area contributed by atoms with Crippen molar-refractivity contribution in [3.8, 4) is 0 Å². The highest BCUT2D eigenvalue weighted by Crippen LogP contribution is 2.49. The van der Waals surface area contributed by atoms with Crippen LogP contribution in [0.4, 0.5) is 0 Å². The lowest BCUT2D eigenvalue weighted by atomic mass is 9.97. The highest BCUT2D eigenvalue weighted by molar-refractivity contribution is 7.85. The van der Waals surface area contributed by atoms with Crippen molar-refractivity contribution in [3.05, 3.63) is 37.0 Å². The molecule has 112 valence electrons. The first kappa shape index (κ1) is 17.1. The highest BCUT2D eigenvalue weighted by atomic mass is 32.2. The molecular weight excluding hydrogens is 266 g/mol. The van der Waals surface area contributed by atoms with Gasteiger partial charge in [0.05, 0.1) is 10.5 Å². The van der Waals surface area contributed by atoms with Gasteiger partial charge in [-0.3, -0.25) is 0 Å². The minimum Gasteiger partial charge on any atom is -0.234 e. The van der Waals surface area contributed by atoms with Crippen molar-refractivity contribution in [2.45, 2.75) is 58.1 Å². The third-order valence-corrected chi connectivity index (χ3v) is 5.07. The van der Waals surface area contributed by atoms with Crippen molar-refractivity contribution in [1.29, 1.82) is 0 Å². The molecule has 0 heterocycles. The minimum atomic E-state index is -1.24. The largest absolute Gasteiger partial charge is 0.234 e. The molecule has 1 aliphatic rings. The number of hydrogen-bond acceptors (Lipinski definition) is 1. The van der Waals surface area contributed by atoms with E-state index in [1.54, 1.807) is 12.2 Å². The van der Waals surface area contributed by atoms with Crippen LogP contribution in [0.2, 0.25) is 0 Å². The van der Waals surface area contributed by atoms with Gasteiger partial charge in [-0.15, -0.1) is 0 Å². The van der Waals surface area contributed by atoms with E-state index in [-0.39, 0.29) is 4.75 Å². The molecule has 0 saturated heterocycles. The molecule has 1 atom stereocenters. The van der Waals surface area contributed by atoms with Gasteiger partial charge in [0.25, 0.3) is 0 Å². The van der Waals surface area contributed by atoms with E-state index >= 15 is 0 Å². The third kappa shape index (κ3) is 5.20. The average molecular weight is 293 g/mol. The molecule has 2 nitrogen and oxygen atoms in total. The first-order chi connectivity index (χ1) is 9.22. The summed E-state index contributed by atoms with van der Waals surface area (Å²) in [6, 6.07) is 0. The fourth-order valence-corrected chi connectivity index (χ4v) is 2.44. The predicted octanol–water partition coefficient (Wildman–Crippen LogP) is 4.77. The maximum Gasteiger partial charge on any atom is 0.145 e. The van der Waals surface area contributed by atoms with Crippen LogP contribution in [-0.2, 0) is 11.0 Å². The molecule has 1 saturated carbocycles. The quantitative estimate of drug-likeness (QED) is 0.491. The third-order valence-electron chi connectivity index (χ3n) is 3.64. The number of nitrogens with zero attached hydrogens (tertiary/aromatic N) is 1. The summed E-state index contributed by atoms with van der Waals surface area (Å²) in [4.78, 5) is 0. The van der Waals surface area contributed by atoms with E-state index in [2.05, 4.69) is 24.5 Å². The SMILES string of the molecule is C=CC=C(C=C)C(CCC1(C)CC1)=NS(=O)C(C)(C)C. The Labute approximate surface area is 126 Å². The van der Waals surface area contributed by atoms with Gasteiger partial charge >= 0.3 is 0 Å². The summed E-state index contributed by atoms with van der Waals surface area (Å²) < 4.78 is 16.4. The molecule has 0 bridgehead atoms. The molecule has 0 amide bonds. The lowest BCUT2D eigenvalue weighted by Gasteiger charge is -2.16. The number of rotatable bonds is 7. The van der Waals surface area contributed by atoms with Gasteiger partial charge in [0.15, 0.2) is 0 Å². The second kappa shape index (κ2) is 6.66. The van der Waals surface area contributed by atoms with Gasteiger partial charge in [-0.2, -0.15) is 4.40 Å². The summed E-state index contributed by atoms with van der Waals surface area (Å²) in [6.45, 7) is 15.7. The Morgan fingerprint density at radius 1 is 1.35 bits per heavy atom. The van der Waals surface area contributed by atoms with Crippen LogP contribution < -0.4 is 0 Å². The zero-order valence-corrected chi connectivity index (χ0v) is 14.1. The number of allylic oxidation sites excluding steroid dienone is 4. The Kier molecular flexibility index (Phi) is 5.69. The van der Waals surface area contributed by atoms with Crippen LogP contribution in [0, 0.1) is 5.41 Å². The van der Waals surface area contributed by atoms with Gasteiger partial charge in [0.1, 0.15) is 11.0 Å². The molecule has 1 unspecified atom stereocenters. The van der Waals surface area contributed by atoms with Gasteiger partial charge in [0.2, 0.25) is 0 Å². The van der Waals surface area contributed by atoms with Crippen LogP contribution in [0.3, 0.4) is 0 Å². The Bertz CT molecular complexity index is 462. The highest BCUT2D eigenvalue weighted by Gasteiger charge is 2.36. The van der Waals surface area contributed by atoms with Crippen LogP contribution >= 0.6 is 0 Å². The van der Waals surface area contributed by atoms with Gasteiger partial charge < -0.3 is 0 Å². The average Bonchev–Trinajstić information content (AvgIpc) is 3.09. The molecule has 20 heavy (non-hydrogen) atoms. The van der Waals surface area contributed by atoms with Crippen molar-refractivity contribution in [1.82, 2.24) is 0 Å². The molecule has 1 rings (SSSR count). The van der Waals surface area contributed by atoms with E-state index in [9.17, 15) is 4.21 Å². The second-order valence-corrected chi connectivity index (χ2v) is 8.68. The van der Waals surface area contributed by atoms with Crippen LogP contribution in [0.15, 0.2) is 41.4 Å². The maximum absolute atomic E-state index is 12.3. The van der Waals surface area contributed by atoms with Gasteiger partial charge in [-0.05, 0) is 57.4 Å². The molecule has 1 fully saturated rings. The van der Waals surface area contributed by atoms with Crippen molar-refractivity contribution in [3.63, 3.8) is 0 Å². The fraction of sp³-hybridized carbons (Fsp3) is 0.588. The predicted molar refractivity (Wildman–Crippen MR) is 90.4 cm³/mol. The standard InChI is InChI=1S/C17H27NOS/c1-7-9-14(8-2)15(10-11-17(6)12-13-17)18-20(19)16(3,4)5/h7-9H,1-2,10-13H2,3-6H3. The lowest BCUT2D eigenvalue weighted by molar-refractivity contribution is 0.532. The van der Waals surface area contributed by atoms with Crippen molar-refractivity contribution >= 4 is 16.7 Å². The monoisotopic (exact) mass is 293 g/mol. The summed E-state index contributed by atoms with van der Waals surface area (Å²) in [5.74, 6) is 0. The molecule has 0 aromatic rings. The smallest absolute Gasteiger partial charge is 0.145 e. The Morgan fingerprint density at radius 3 is 2.35 bits per heavy atom. The Hall–Kier alpha value is -0.960. The van der Waals surface area contributed by atoms with E-state index in [1.165, 1.54) is 12.8 Å². The number of hydrogen-bond donors (Lipinski definition) is 0. The maximum atomic E-state index is 12.3. The summed E-state index contributed by atoms with van der Waals surface area (Å²) in [5.41, 5.74) is 2.29. The van der Waals surface area contributed by atoms with Gasteiger partial charge in [-0.1, -0.05) is 38.3 Å². The van der Waals surface area contributed by atoms with Crippen LogP contribution in [-0.4, -0.2) is 14.7 Å². The summed E-state index contributed by atoms with van der Waals surface area (Å²) in [7, 11) is -1.24. The molecule has 1 aliphatic carbocycles. The molecule has 0 spiro atoms. The summed E-state index contributed by atoms with van der Waals surface area (Å²) in [6.07, 6.45) is 9.91. The molecule has 0 aliphatic heterocycles. The van der Waals surface area contributed by atoms with E-state index in [4.69, 9.17) is 0 Å². The van der Waals surface area contributed by atoms with Crippen molar-refractivity contribution in [2.24, 2.45) is 9.81 Å². The van der Waals surface area contributed by atoms with Crippen LogP contribution in [0.25, 0.3) is 0 Å². The molecule has 0 N–H and O–H groups in total. The normalized spacial score (nSPS) is 20.4. The first-order valence-corrected chi connectivity index (χ1v) is 8.28. The topological polar surface area (TPSA) is 29.4 Å². The van der Waals surface area contributed by atoms with Crippen molar-refractivity contribution < 1.29 is 4.21 Å². The van der Waals surface area contributed by atoms with Crippen LogP contribution in [0.5, 0.6) is 0 Å². The molecule has 0 radical (unpaired) electrons. The van der Waals surface area contributed by atoms with E-state index in [0.717, 1.165) is 24.1 Å². The van der Waals surface area contributed by atoms with Crippen LogP contribution in [0.1, 0.15) is 53.4 Å².